The zero-order valence-corrected chi connectivity index (χ0v) is 19.8. The molecule has 1 atom stereocenters. The van der Waals surface area contributed by atoms with Gasteiger partial charge in [0.25, 0.3) is 5.91 Å². The average Bonchev–Trinajstić information content (AvgIpc) is 3.07. The first-order valence-corrected chi connectivity index (χ1v) is 11.5. The van der Waals surface area contributed by atoms with E-state index in [1.54, 1.807) is 17.9 Å². The highest BCUT2D eigenvalue weighted by Crippen LogP contribution is 2.50. The van der Waals surface area contributed by atoms with E-state index in [-0.39, 0.29) is 24.5 Å². The Kier molecular flexibility index (Phi) is 6.72. The second kappa shape index (κ2) is 9.71. The van der Waals surface area contributed by atoms with Crippen LogP contribution in [0, 0.1) is 5.82 Å². The summed E-state index contributed by atoms with van der Waals surface area (Å²) in [5, 5.41) is 1.66. The smallest absolute Gasteiger partial charge is 0.310 e. The summed E-state index contributed by atoms with van der Waals surface area (Å²) in [5.74, 6) is -0.201. The van der Waals surface area contributed by atoms with Gasteiger partial charge in [-0.25, -0.2) is 4.39 Å². The molecule has 178 valence electrons. The van der Waals surface area contributed by atoms with Gasteiger partial charge >= 0.3 is 5.97 Å². The predicted molar refractivity (Wildman–Crippen MR) is 128 cm³/mol. The molecule has 0 aliphatic carbocycles. The third-order valence-electron chi connectivity index (χ3n) is 5.93. The number of nitrogens with zero attached hydrogens (tertiary/aromatic N) is 1. The van der Waals surface area contributed by atoms with Gasteiger partial charge in [0.1, 0.15) is 17.3 Å². The van der Waals surface area contributed by atoms with Crippen LogP contribution in [-0.4, -0.2) is 31.7 Å². The van der Waals surface area contributed by atoms with Gasteiger partial charge in [-0.05, 0) is 45.4 Å². The van der Waals surface area contributed by atoms with E-state index < -0.39 is 17.8 Å². The van der Waals surface area contributed by atoms with Crippen molar-refractivity contribution in [1.82, 2.24) is 0 Å². The number of rotatable bonds is 8. The average molecular weight is 466 g/mol. The number of carbonyl (C=O) groups is 2. The minimum atomic E-state index is -0.568. The Hall–Kier alpha value is -3.61. The van der Waals surface area contributed by atoms with Crippen molar-refractivity contribution in [2.24, 2.45) is 0 Å². The molecule has 0 bridgehead atoms. The number of esters is 1. The van der Waals surface area contributed by atoms with Gasteiger partial charge in [-0.3, -0.25) is 9.59 Å². The van der Waals surface area contributed by atoms with Gasteiger partial charge in [0.15, 0.2) is 0 Å². The molecule has 0 radical (unpaired) electrons. The lowest BCUT2D eigenvalue weighted by Crippen LogP contribution is -2.26. The van der Waals surface area contributed by atoms with E-state index >= 15 is 0 Å². The van der Waals surface area contributed by atoms with Gasteiger partial charge in [-0.15, -0.1) is 0 Å². The lowest BCUT2D eigenvalue weighted by molar-refractivity contribution is -0.142. The van der Waals surface area contributed by atoms with Crippen molar-refractivity contribution in [3.8, 4) is 11.5 Å². The molecule has 3 aromatic carbocycles. The monoisotopic (exact) mass is 465 g/mol. The number of benzene rings is 3. The van der Waals surface area contributed by atoms with Gasteiger partial charge < -0.3 is 19.1 Å². The summed E-state index contributed by atoms with van der Waals surface area (Å²) >= 11 is 0. The van der Waals surface area contributed by atoms with Gasteiger partial charge in [-0.1, -0.05) is 30.3 Å². The number of hydrogen-bond acceptors (Lipinski definition) is 5. The van der Waals surface area contributed by atoms with E-state index in [4.69, 9.17) is 14.2 Å². The van der Waals surface area contributed by atoms with E-state index in [1.165, 1.54) is 12.1 Å². The van der Waals surface area contributed by atoms with Crippen LogP contribution < -0.4 is 14.4 Å². The normalized spacial score (nSPS) is 14.9. The van der Waals surface area contributed by atoms with E-state index in [0.717, 1.165) is 16.3 Å². The molecular weight excluding hydrogens is 437 g/mol. The van der Waals surface area contributed by atoms with Crippen LogP contribution in [0.2, 0.25) is 0 Å². The number of hydrogen-bond donors (Lipinski definition) is 0. The van der Waals surface area contributed by atoms with Crippen molar-refractivity contribution in [2.45, 2.75) is 40.2 Å². The summed E-state index contributed by atoms with van der Waals surface area (Å²) in [6, 6.07) is 11.7. The lowest BCUT2D eigenvalue weighted by atomic mass is 9.96. The molecule has 3 aromatic rings. The van der Waals surface area contributed by atoms with Gasteiger partial charge in [0.05, 0.1) is 37.8 Å². The van der Waals surface area contributed by atoms with Crippen LogP contribution in [0.15, 0.2) is 42.5 Å². The van der Waals surface area contributed by atoms with E-state index in [2.05, 4.69) is 0 Å². The van der Waals surface area contributed by atoms with Crippen molar-refractivity contribution in [1.29, 1.82) is 0 Å². The van der Waals surface area contributed by atoms with E-state index in [1.807, 2.05) is 45.0 Å². The second-order valence-corrected chi connectivity index (χ2v) is 7.97. The molecule has 6 nitrogen and oxygen atoms in total. The Morgan fingerprint density at radius 1 is 0.971 bits per heavy atom. The van der Waals surface area contributed by atoms with Crippen molar-refractivity contribution >= 4 is 28.3 Å². The Labute approximate surface area is 198 Å². The number of anilines is 1. The van der Waals surface area contributed by atoms with Crippen molar-refractivity contribution in [3.05, 3.63) is 65.0 Å². The van der Waals surface area contributed by atoms with E-state index in [0.29, 0.717) is 36.0 Å². The molecule has 0 N–H and O–H groups in total. The van der Waals surface area contributed by atoms with Gasteiger partial charge in [0, 0.05) is 22.0 Å². The Morgan fingerprint density at radius 3 is 2.24 bits per heavy atom. The zero-order valence-electron chi connectivity index (χ0n) is 19.8. The fourth-order valence-electron chi connectivity index (χ4n) is 4.56. The molecule has 0 spiro atoms. The van der Waals surface area contributed by atoms with Crippen molar-refractivity contribution in [3.63, 3.8) is 0 Å². The number of halogens is 1. The van der Waals surface area contributed by atoms with Crippen molar-refractivity contribution < 1.29 is 28.2 Å². The summed E-state index contributed by atoms with van der Waals surface area (Å²) in [6.07, 6.45) is -0.169. The Bertz CT molecular complexity index is 1260. The number of carbonyl (C=O) groups excluding carboxylic acids is 2. The van der Waals surface area contributed by atoms with Crippen LogP contribution in [0.25, 0.3) is 10.8 Å². The Morgan fingerprint density at radius 2 is 1.62 bits per heavy atom. The minimum absolute atomic E-state index is 0.169. The first-order valence-electron chi connectivity index (χ1n) is 11.5. The summed E-state index contributed by atoms with van der Waals surface area (Å²) in [6.45, 7) is 8.42. The molecule has 0 aromatic heterocycles. The first-order chi connectivity index (χ1) is 16.4. The molecule has 0 saturated heterocycles. The van der Waals surface area contributed by atoms with Crippen molar-refractivity contribution in [2.75, 3.05) is 24.7 Å². The molecule has 0 fully saturated rings. The number of amides is 1. The standard InChI is InChI=1S/C27H28FNO5/c1-5-32-22(30)14-17-12-13-18(15-21(17)28)29-16(4)23-24(27(29)31)26(34-7-3)20-11-9-8-10-19(20)25(23)33-6-2/h8-13,15-16H,5-7,14H2,1-4H3. The first kappa shape index (κ1) is 23.5. The molecule has 1 aliphatic heterocycles. The fourth-order valence-corrected chi connectivity index (χ4v) is 4.56. The van der Waals surface area contributed by atoms with Crippen LogP contribution in [0.5, 0.6) is 11.5 Å². The summed E-state index contributed by atoms with van der Waals surface area (Å²) in [4.78, 5) is 27.1. The molecule has 7 heteroatoms. The minimum Gasteiger partial charge on any atom is -0.493 e. The molecule has 1 amide bonds. The molecule has 1 unspecified atom stereocenters. The Balaban J connectivity index is 1.83. The summed E-state index contributed by atoms with van der Waals surface area (Å²) in [5.41, 5.74) is 1.78. The van der Waals surface area contributed by atoms with Crippen LogP contribution in [0.3, 0.4) is 0 Å². The molecule has 34 heavy (non-hydrogen) atoms. The number of ether oxygens (including phenoxy) is 3. The quantitative estimate of drug-likeness (QED) is 0.405. The zero-order chi connectivity index (χ0) is 24.4. The highest BCUT2D eigenvalue weighted by atomic mass is 19.1. The third kappa shape index (κ3) is 3.95. The molecular formula is C27H28FNO5. The second-order valence-electron chi connectivity index (χ2n) is 7.97. The van der Waals surface area contributed by atoms with Crippen LogP contribution in [0.1, 0.15) is 55.2 Å². The summed E-state index contributed by atoms with van der Waals surface area (Å²) < 4.78 is 31.9. The van der Waals surface area contributed by atoms with Gasteiger partial charge in [-0.2, -0.15) is 0 Å². The largest absolute Gasteiger partial charge is 0.493 e. The van der Waals surface area contributed by atoms with Gasteiger partial charge in [0.2, 0.25) is 0 Å². The third-order valence-corrected chi connectivity index (χ3v) is 5.93. The lowest BCUT2D eigenvalue weighted by Gasteiger charge is -2.23. The van der Waals surface area contributed by atoms with E-state index in [9.17, 15) is 14.0 Å². The van der Waals surface area contributed by atoms with Crippen LogP contribution >= 0.6 is 0 Å². The fraction of sp³-hybridized carbons (Fsp3) is 0.333. The van der Waals surface area contributed by atoms with Crippen LogP contribution in [-0.2, 0) is 16.0 Å². The highest BCUT2D eigenvalue weighted by molar-refractivity contribution is 6.17. The molecule has 1 aliphatic rings. The maximum Gasteiger partial charge on any atom is 0.310 e. The SMILES string of the molecule is CCOC(=O)Cc1ccc(N2C(=O)c3c(c(OCC)c4ccccc4c3OCC)C2C)cc1F. The highest BCUT2D eigenvalue weighted by Gasteiger charge is 2.42. The predicted octanol–water partition coefficient (Wildman–Crippen LogP) is 5.60. The molecule has 1 heterocycles. The summed E-state index contributed by atoms with van der Waals surface area (Å²) in [7, 11) is 0. The maximum absolute atomic E-state index is 14.9. The topological polar surface area (TPSA) is 65.1 Å². The van der Waals surface area contributed by atoms with Crippen LogP contribution in [0.4, 0.5) is 10.1 Å². The molecule has 0 saturated carbocycles. The molecule has 4 rings (SSSR count). The maximum atomic E-state index is 14.9. The number of fused-ring (bicyclic) bond motifs is 2.